The van der Waals surface area contributed by atoms with Gasteiger partial charge in [-0.25, -0.2) is 9.97 Å². The molecule has 29 heavy (non-hydrogen) atoms. The number of ether oxygens (including phenoxy) is 1. The fourth-order valence-electron chi connectivity index (χ4n) is 2.38. The van der Waals surface area contributed by atoms with Crippen LogP contribution in [0.15, 0.2) is 36.7 Å². The molecule has 0 spiro atoms. The summed E-state index contributed by atoms with van der Waals surface area (Å²) < 4.78 is 78.8. The second-order valence-corrected chi connectivity index (χ2v) is 5.94. The Hall–Kier alpha value is -3.31. The predicted molar refractivity (Wildman–Crippen MR) is 88.1 cm³/mol. The van der Waals surface area contributed by atoms with Gasteiger partial charge in [0.25, 0.3) is 5.91 Å². The molecule has 0 saturated heterocycles. The van der Waals surface area contributed by atoms with E-state index in [1.807, 2.05) is 0 Å². The molecule has 0 unspecified atom stereocenters. The van der Waals surface area contributed by atoms with Crippen molar-refractivity contribution < 1.29 is 35.9 Å². The van der Waals surface area contributed by atoms with Gasteiger partial charge >= 0.3 is 18.4 Å². The highest BCUT2D eigenvalue weighted by molar-refractivity contribution is 5.93. The predicted octanol–water partition coefficient (Wildman–Crippen LogP) is 3.85. The van der Waals surface area contributed by atoms with Gasteiger partial charge in [-0.15, -0.1) is 0 Å². The lowest BCUT2D eigenvalue weighted by atomic mass is 10.1. The number of aromatic amines is 1. The van der Waals surface area contributed by atoms with Gasteiger partial charge in [0.15, 0.2) is 6.61 Å². The van der Waals surface area contributed by atoms with Gasteiger partial charge in [0.1, 0.15) is 5.69 Å². The SMILES string of the molecule is O=C(NCc1ccc2[nH]c(C(F)(F)F)cc2c1)c1cnc(OCC(F)(F)F)nc1. The fourth-order valence-corrected chi connectivity index (χ4v) is 2.38. The van der Waals surface area contributed by atoms with Crippen LogP contribution in [-0.2, 0) is 12.7 Å². The maximum atomic E-state index is 12.7. The summed E-state index contributed by atoms with van der Waals surface area (Å²) in [6, 6.07) is 4.93. The van der Waals surface area contributed by atoms with E-state index in [0.717, 1.165) is 18.5 Å². The molecule has 0 bridgehead atoms. The molecule has 2 heterocycles. The van der Waals surface area contributed by atoms with E-state index >= 15 is 0 Å². The van der Waals surface area contributed by atoms with Gasteiger partial charge in [-0.05, 0) is 23.8 Å². The number of rotatable bonds is 5. The molecule has 1 aromatic carbocycles. The number of hydrogen-bond acceptors (Lipinski definition) is 4. The highest BCUT2D eigenvalue weighted by Gasteiger charge is 2.32. The molecule has 0 radical (unpaired) electrons. The second kappa shape index (κ2) is 7.60. The second-order valence-electron chi connectivity index (χ2n) is 5.94. The Morgan fingerprint density at radius 2 is 1.76 bits per heavy atom. The van der Waals surface area contributed by atoms with Crippen LogP contribution in [0.1, 0.15) is 21.6 Å². The summed E-state index contributed by atoms with van der Waals surface area (Å²) in [5.41, 5.74) is -0.0509. The van der Waals surface area contributed by atoms with E-state index in [-0.39, 0.29) is 12.1 Å². The molecular weight excluding hydrogens is 406 g/mol. The molecule has 0 atom stereocenters. The van der Waals surface area contributed by atoms with Crippen molar-refractivity contribution >= 4 is 16.8 Å². The number of nitrogens with zero attached hydrogens (tertiary/aromatic N) is 2. The lowest BCUT2D eigenvalue weighted by Crippen LogP contribution is -2.23. The topological polar surface area (TPSA) is 79.9 Å². The highest BCUT2D eigenvalue weighted by atomic mass is 19.4. The number of carbonyl (C=O) groups is 1. The molecule has 154 valence electrons. The molecule has 0 aliphatic heterocycles. The van der Waals surface area contributed by atoms with Gasteiger partial charge < -0.3 is 15.0 Å². The molecule has 3 aromatic rings. The number of amides is 1. The summed E-state index contributed by atoms with van der Waals surface area (Å²) in [5.74, 6) is -0.613. The third kappa shape index (κ3) is 5.36. The third-order valence-corrected chi connectivity index (χ3v) is 3.70. The summed E-state index contributed by atoms with van der Waals surface area (Å²) in [5, 5.41) is 2.85. The van der Waals surface area contributed by atoms with Crippen molar-refractivity contribution in [2.75, 3.05) is 6.61 Å². The van der Waals surface area contributed by atoms with Crippen molar-refractivity contribution in [2.24, 2.45) is 0 Å². The minimum absolute atomic E-state index is 0.00757. The first-order valence-corrected chi connectivity index (χ1v) is 8.00. The molecule has 0 saturated carbocycles. The van der Waals surface area contributed by atoms with Gasteiger partial charge in [-0.1, -0.05) is 6.07 Å². The Morgan fingerprint density at radius 1 is 1.07 bits per heavy atom. The number of fused-ring (bicyclic) bond motifs is 1. The first kappa shape index (κ1) is 20.4. The van der Waals surface area contributed by atoms with E-state index in [1.165, 1.54) is 12.1 Å². The largest absolute Gasteiger partial charge is 0.454 e. The van der Waals surface area contributed by atoms with Crippen molar-refractivity contribution in [1.82, 2.24) is 20.3 Å². The van der Waals surface area contributed by atoms with Crippen molar-refractivity contribution in [2.45, 2.75) is 18.9 Å². The monoisotopic (exact) mass is 418 g/mol. The summed E-state index contributed by atoms with van der Waals surface area (Å²) in [7, 11) is 0. The maximum absolute atomic E-state index is 12.7. The van der Waals surface area contributed by atoms with Crippen LogP contribution in [0.4, 0.5) is 26.3 Å². The number of carbonyl (C=O) groups excluding carboxylic acids is 1. The normalized spacial score (nSPS) is 12.2. The number of alkyl halides is 6. The van der Waals surface area contributed by atoms with E-state index < -0.39 is 36.6 Å². The van der Waals surface area contributed by atoms with Crippen LogP contribution in [-0.4, -0.2) is 33.6 Å². The Labute approximate surface area is 158 Å². The van der Waals surface area contributed by atoms with Crippen molar-refractivity contribution in [3.8, 4) is 6.01 Å². The van der Waals surface area contributed by atoms with Crippen LogP contribution < -0.4 is 10.1 Å². The van der Waals surface area contributed by atoms with Crippen LogP contribution in [0, 0.1) is 0 Å². The zero-order chi connectivity index (χ0) is 21.2. The zero-order valence-corrected chi connectivity index (χ0v) is 14.4. The van der Waals surface area contributed by atoms with E-state index in [4.69, 9.17) is 0 Å². The lowest BCUT2D eigenvalue weighted by Gasteiger charge is -2.08. The van der Waals surface area contributed by atoms with Crippen LogP contribution >= 0.6 is 0 Å². The molecule has 2 aromatic heterocycles. The number of aromatic nitrogens is 3. The van der Waals surface area contributed by atoms with E-state index in [1.54, 1.807) is 6.07 Å². The molecule has 3 rings (SSSR count). The smallest absolute Gasteiger partial charge is 0.431 e. The first-order valence-electron chi connectivity index (χ1n) is 8.00. The van der Waals surface area contributed by atoms with Gasteiger partial charge in [0.2, 0.25) is 0 Å². The van der Waals surface area contributed by atoms with Gasteiger partial charge in [-0.2, -0.15) is 26.3 Å². The van der Waals surface area contributed by atoms with Crippen molar-refractivity contribution in [3.05, 3.63) is 53.5 Å². The molecule has 0 fully saturated rings. The van der Waals surface area contributed by atoms with E-state index in [9.17, 15) is 31.1 Å². The molecule has 12 heteroatoms. The lowest BCUT2D eigenvalue weighted by molar-refractivity contribution is -0.154. The van der Waals surface area contributed by atoms with Crippen molar-refractivity contribution in [1.29, 1.82) is 0 Å². The van der Waals surface area contributed by atoms with Crippen LogP contribution in [0.25, 0.3) is 10.9 Å². The van der Waals surface area contributed by atoms with E-state index in [0.29, 0.717) is 16.5 Å². The Bertz CT molecular complexity index is 1010. The number of nitrogens with one attached hydrogen (secondary N) is 2. The number of benzene rings is 1. The van der Waals surface area contributed by atoms with Crippen LogP contribution in [0.2, 0.25) is 0 Å². The molecular formula is C17H12F6N4O2. The van der Waals surface area contributed by atoms with Crippen LogP contribution in [0.5, 0.6) is 6.01 Å². The number of hydrogen-bond donors (Lipinski definition) is 2. The first-order chi connectivity index (χ1) is 13.5. The van der Waals surface area contributed by atoms with Gasteiger partial charge in [0.05, 0.1) is 5.56 Å². The summed E-state index contributed by atoms with van der Waals surface area (Å²) in [6.45, 7) is -1.55. The number of H-pyrrole nitrogens is 1. The fraction of sp³-hybridized carbons (Fsp3) is 0.235. The summed E-state index contributed by atoms with van der Waals surface area (Å²) >= 11 is 0. The summed E-state index contributed by atoms with van der Waals surface area (Å²) in [4.78, 5) is 21.4. The maximum Gasteiger partial charge on any atom is 0.431 e. The minimum atomic E-state index is -4.54. The highest BCUT2D eigenvalue weighted by Crippen LogP contribution is 2.31. The summed E-state index contributed by atoms with van der Waals surface area (Å²) in [6.07, 6.45) is -7.04. The zero-order valence-electron chi connectivity index (χ0n) is 14.4. The average Bonchev–Trinajstić information content (AvgIpc) is 3.08. The minimum Gasteiger partial charge on any atom is -0.454 e. The molecule has 6 nitrogen and oxygen atoms in total. The molecule has 0 aliphatic rings. The Balaban J connectivity index is 1.61. The molecule has 0 aliphatic carbocycles. The third-order valence-electron chi connectivity index (χ3n) is 3.70. The van der Waals surface area contributed by atoms with Gasteiger partial charge in [0, 0.05) is 29.8 Å². The van der Waals surface area contributed by atoms with E-state index in [2.05, 4.69) is 25.0 Å². The standard InChI is InChI=1S/C17H12F6N4O2/c18-16(19,20)8-29-15-25-6-11(7-26-15)14(28)24-5-9-1-2-12-10(3-9)4-13(27-12)17(21,22)23/h1-4,6-7,27H,5,8H2,(H,24,28). The van der Waals surface area contributed by atoms with Crippen LogP contribution in [0.3, 0.4) is 0 Å². The molecule has 2 N–H and O–H groups in total. The quantitative estimate of drug-likeness (QED) is 0.617. The Kier molecular flexibility index (Phi) is 5.36. The average molecular weight is 418 g/mol. The van der Waals surface area contributed by atoms with Gasteiger partial charge in [-0.3, -0.25) is 4.79 Å². The number of halogens is 6. The Morgan fingerprint density at radius 3 is 2.38 bits per heavy atom. The van der Waals surface area contributed by atoms with Crippen molar-refractivity contribution in [3.63, 3.8) is 0 Å². The molecule has 1 amide bonds.